The van der Waals surface area contributed by atoms with Crippen LogP contribution in [-0.2, 0) is 0 Å². The molecule has 1 amide bonds. The second-order valence-corrected chi connectivity index (χ2v) is 7.00. The first-order valence-corrected chi connectivity index (χ1v) is 8.99. The Labute approximate surface area is 152 Å². The predicted molar refractivity (Wildman–Crippen MR) is 102 cm³/mol. The smallest absolute Gasteiger partial charge is 0.254 e. The van der Waals surface area contributed by atoms with Gasteiger partial charge in [0.25, 0.3) is 5.91 Å². The fourth-order valence-electron chi connectivity index (χ4n) is 3.85. The van der Waals surface area contributed by atoms with Crippen molar-refractivity contribution in [2.75, 3.05) is 25.0 Å². The fraction of sp³-hybridized carbons (Fsp3) is 0.350. The Morgan fingerprint density at radius 1 is 1.23 bits per heavy atom. The summed E-state index contributed by atoms with van der Waals surface area (Å²) in [5, 5.41) is 1.11. The summed E-state index contributed by atoms with van der Waals surface area (Å²) >= 11 is 0. The van der Waals surface area contributed by atoms with E-state index in [9.17, 15) is 4.79 Å². The van der Waals surface area contributed by atoms with Crippen LogP contribution in [0.25, 0.3) is 11.0 Å². The van der Waals surface area contributed by atoms with Crippen LogP contribution in [0.5, 0.6) is 0 Å². The molecule has 1 aliphatic rings. The van der Waals surface area contributed by atoms with Gasteiger partial charge in [0.15, 0.2) is 0 Å². The normalized spacial score (nSPS) is 20.3. The number of nitrogens with zero attached hydrogens (tertiary/aromatic N) is 4. The number of fused-ring (bicyclic) bond motifs is 1. The van der Waals surface area contributed by atoms with Gasteiger partial charge in [0, 0.05) is 67.6 Å². The summed E-state index contributed by atoms with van der Waals surface area (Å²) in [6, 6.07) is 7.93. The summed E-state index contributed by atoms with van der Waals surface area (Å²) in [5.74, 6) is 0.586. The third-order valence-electron chi connectivity index (χ3n) is 5.45. The number of hydrogen-bond donors (Lipinski definition) is 1. The molecule has 1 aliphatic heterocycles. The minimum Gasteiger partial charge on any atom is -0.369 e. The molecule has 6 heteroatoms. The lowest BCUT2D eigenvalue weighted by atomic mass is 9.91. The van der Waals surface area contributed by atoms with E-state index < -0.39 is 0 Å². The Hall–Kier alpha value is -2.89. The van der Waals surface area contributed by atoms with Crippen LogP contribution in [0.4, 0.5) is 5.69 Å². The van der Waals surface area contributed by atoms with E-state index in [0.29, 0.717) is 18.0 Å². The summed E-state index contributed by atoms with van der Waals surface area (Å²) in [6.07, 6.45) is 8.08. The van der Waals surface area contributed by atoms with E-state index in [-0.39, 0.29) is 11.9 Å². The number of hydrogen-bond acceptors (Lipinski definition) is 4. The minimum atomic E-state index is 0.0826. The molecule has 1 saturated heterocycles. The highest BCUT2D eigenvalue weighted by molar-refractivity contribution is 5.94. The highest BCUT2D eigenvalue weighted by Gasteiger charge is 2.32. The van der Waals surface area contributed by atoms with Gasteiger partial charge in [0.05, 0.1) is 0 Å². The van der Waals surface area contributed by atoms with Crippen LogP contribution in [0, 0.1) is 5.92 Å². The number of carbonyl (C=O) groups excluding carboxylic acids is 1. The van der Waals surface area contributed by atoms with Crippen molar-refractivity contribution >= 4 is 22.6 Å². The Bertz CT molecular complexity index is 907. The molecule has 0 aromatic carbocycles. The standard InChI is InChI=1S/C20H23N5O/c1-14-7-12-25(20(26)15-3-8-21-9-4-15)13-18(14)24(2)17-6-11-23-19-16(17)5-10-22-19/h3-6,8-11,14,18H,7,12-13H2,1-2H3,(H,22,23). The third-order valence-corrected chi connectivity index (χ3v) is 5.45. The molecule has 4 rings (SSSR count). The lowest BCUT2D eigenvalue weighted by Gasteiger charge is -2.42. The number of anilines is 1. The van der Waals surface area contributed by atoms with Crippen LogP contribution in [-0.4, -0.2) is 51.9 Å². The van der Waals surface area contributed by atoms with Crippen molar-refractivity contribution in [2.45, 2.75) is 19.4 Å². The van der Waals surface area contributed by atoms with E-state index in [0.717, 1.165) is 29.7 Å². The molecule has 2 atom stereocenters. The number of likely N-dealkylation sites (tertiary alicyclic amines) is 1. The van der Waals surface area contributed by atoms with Gasteiger partial charge in [0.1, 0.15) is 5.65 Å². The first kappa shape index (κ1) is 16.6. The molecule has 0 spiro atoms. The lowest BCUT2D eigenvalue weighted by molar-refractivity contribution is 0.0670. The number of amides is 1. The van der Waals surface area contributed by atoms with Gasteiger partial charge in [-0.15, -0.1) is 0 Å². The highest BCUT2D eigenvalue weighted by atomic mass is 16.2. The average Bonchev–Trinajstić information content (AvgIpc) is 3.17. The average molecular weight is 349 g/mol. The first-order chi connectivity index (χ1) is 12.6. The van der Waals surface area contributed by atoms with Gasteiger partial charge >= 0.3 is 0 Å². The second kappa shape index (κ2) is 6.78. The monoisotopic (exact) mass is 349 g/mol. The molecule has 2 unspecified atom stereocenters. The summed E-state index contributed by atoms with van der Waals surface area (Å²) in [4.78, 5) is 28.7. The van der Waals surface area contributed by atoms with E-state index >= 15 is 0 Å². The van der Waals surface area contributed by atoms with Crippen molar-refractivity contribution < 1.29 is 4.79 Å². The van der Waals surface area contributed by atoms with E-state index in [4.69, 9.17) is 0 Å². The van der Waals surface area contributed by atoms with Crippen molar-refractivity contribution in [3.05, 3.63) is 54.6 Å². The fourth-order valence-corrected chi connectivity index (χ4v) is 3.85. The van der Waals surface area contributed by atoms with Crippen molar-refractivity contribution in [1.82, 2.24) is 19.9 Å². The lowest BCUT2D eigenvalue weighted by Crippen LogP contribution is -2.52. The zero-order chi connectivity index (χ0) is 18.1. The van der Waals surface area contributed by atoms with Crippen LogP contribution in [0.2, 0.25) is 0 Å². The Kier molecular flexibility index (Phi) is 4.32. The summed E-state index contributed by atoms with van der Waals surface area (Å²) in [5.41, 5.74) is 2.74. The van der Waals surface area contributed by atoms with Gasteiger partial charge in [-0.1, -0.05) is 6.92 Å². The first-order valence-electron chi connectivity index (χ1n) is 8.99. The number of nitrogens with one attached hydrogen (secondary N) is 1. The van der Waals surface area contributed by atoms with Crippen LogP contribution in [0.15, 0.2) is 49.1 Å². The van der Waals surface area contributed by atoms with Crippen molar-refractivity contribution in [3.63, 3.8) is 0 Å². The van der Waals surface area contributed by atoms with E-state index in [1.807, 2.05) is 23.4 Å². The third kappa shape index (κ3) is 2.92. The summed E-state index contributed by atoms with van der Waals surface area (Å²) < 4.78 is 0. The number of pyridine rings is 2. The molecule has 6 nitrogen and oxygen atoms in total. The van der Waals surface area contributed by atoms with Crippen LogP contribution in [0.3, 0.4) is 0 Å². The summed E-state index contributed by atoms with van der Waals surface area (Å²) in [6.45, 7) is 3.78. The molecule has 134 valence electrons. The topological polar surface area (TPSA) is 65.1 Å². The van der Waals surface area contributed by atoms with Crippen LogP contribution < -0.4 is 4.90 Å². The molecule has 0 radical (unpaired) electrons. The Morgan fingerprint density at radius 3 is 2.85 bits per heavy atom. The zero-order valence-electron chi connectivity index (χ0n) is 15.1. The number of H-pyrrole nitrogens is 1. The number of carbonyl (C=O) groups is 1. The number of aromatic nitrogens is 3. The maximum atomic E-state index is 12.8. The van der Waals surface area contributed by atoms with Crippen LogP contribution >= 0.6 is 0 Å². The molecule has 3 aromatic rings. The van der Waals surface area contributed by atoms with Crippen LogP contribution in [0.1, 0.15) is 23.7 Å². The number of rotatable bonds is 3. The SMILES string of the molecule is CC1CCN(C(=O)c2ccncc2)CC1N(C)c1ccnc2[nH]ccc12. The molecule has 0 aliphatic carbocycles. The number of likely N-dealkylation sites (N-methyl/N-ethyl adjacent to an activating group) is 1. The Balaban J connectivity index is 1.59. The largest absolute Gasteiger partial charge is 0.369 e. The van der Waals surface area contributed by atoms with Gasteiger partial charge in [-0.05, 0) is 36.6 Å². The maximum absolute atomic E-state index is 12.8. The molecule has 0 bridgehead atoms. The molecule has 26 heavy (non-hydrogen) atoms. The van der Waals surface area contributed by atoms with Crippen molar-refractivity contribution in [1.29, 1.82) is 0 Å². The predicted octanol–water partition coefficient (Wildman–Crippen LogP) is 2.94. The highest BCUT2D eigenvalue weighted by Crippen LogP contribution is 2.30. The van der Waals surface area contributed by atoms with E-state index in [1.54, 1.807) is 24.5 Å². The Morgan fingerprint density at radius 2 is 2.04 bits per heavy atom. The van der Waals surface area contributed by atoms with E-state index in [1.165, 1.54) is 0 Å². The molecule has 1 fully saturated rings. The number of piperidine rings is 1. The molecule has 3 aromatic heterocycles. The zero-order valence-corrected chi connectivity index (χ0v) is 15.1. The van der Waals surface area contributed by atoms with Gasteiger partial charge in [-0.3, -0.25) is 9.78 Å². The molecular formula is C20H23N5O. The molecule has 0 saturated carbocycles. The number of aromatic amines is 1. The van der Waals surface area contributed by atoms with Gasteiger partial charge in [0.2, 0.25) is 0 Å². The molecule has 4 heterocycles. The second-order valence-electron chi connectivity index (χ2n) is 7.00. The van der Waals surface area contributed by atoms with Gasteiger partial charge in [-0.25, -0.2) is 4.98 Å². The van der Waals surface area contributed by atoms with Crippen molar-refractivity contribution in [2.24, 2.45) is 5.92 Å². The van der Waals surface area contributed by atoms with Crippen molar-refractivity contribution in [3.8, 4) is 0 Å². The van der Waals surface area contributed by atoms with E-state index in [2.05, 4.69) is 39.9 Å². The van der Waals surface area contributed by atoms with Gasteiger partial charge < -0.3 is 14.8 Å². The molecule has 1 N–H and O–H groups in total. The minimum absolute atomic E-state index is 0.0826. The molecular weight excluding hydrogens is 326 g/mol. The maximum Gasteiger partial charge on any atom is 0.254 e. The summed E-state index contributed by atoms with van der Waals surface area (Å²) in [7, 11) is 2.11. The van der Waals surface area contributed by atoms with Gasteiger partial charge in [-0.2, -0.15) is 0 Å². The quantitative estimate of drug-likeness (QED) is 0.789.